The second-order valence-electron chi connectivity index (χ2n) is 6.69. The molecule has 1 amide bonds. The van der Waals surface area contributed by atoms with Crippen LogP contribution in [-0.4, -0.2) is 32.1 Å². The average molecular weight is 444 g/mol. The minimum absolute atomic E-state index is 0.0106. The first-order valence-electron chi connectivity index (χ1n) is 9.02. The molecule has 0 fully saturated rings. The molecule has 3 aromatic heterocycles. The van der Waals surface area contributed by atoms with Gasteiger partial charge in [0, 0.05) is 16.5 Å². The number of aromatic nitrogens is 4. The zero-order valence-electron chi connectivity index (χ0n) is 16.3. The first kappa shape index (κ1) is 20.7. The zero-order chi connectivity index (χ0) is 22.2. The summed E-state index contributed by atoms with van der Waals surface area (Å²) in [5, 5.41) is 14.0. The Balaban J connectivity index is 1.66. The lowest BCUT2D eigenvalue weighted by Crippen LogP contribution is -2.19. The van der Waals surface area contributed by atoms with Crippen molar-refractivity contribution in [2.45, 2.75) is 20.0 Å². The van der Waals surface area contributed by atoms with Gasteiger partial charge in [-0.3, -0.25) is 9.78 Å². The van der Waals surface area contributed by atoms with E-state index in [1.165, 1.54) is 46.6 Å². The molecule has 1 aromatic carbocycles. The van der Waals surface area contributed by atoms with Gasteiger partial charge >= 0.3 is 6.18 Å². The minimum Gasteiger partial charge on any atom is -0.265 e. The second-order valence-corrected chi connectivity index (χ2v) is 7.63. The van der Waals surface area contributed by atoms with E-state index in [-0.39, 0.29) is 16.6 Å². The Hall–Kier alpha value is -3.60. The summed E-state index contributed by atoms with van der Waals surface area (Å²) in [5.41, 5.74) is 3.12. The number of fused-ring (bicyclic) bond motifs is 1. The number of para-hydroxylation sites is 1. The fraction of sp³-hybridized carbons (Fsp3) is 0.150. The van der Waals surface area contributed by atoms with Gasteiger partial charge in [0.1, 0.15) is 0 Å². The number of amides is 1. The van der Waals surface area contributed by atoms with Crippen molar-refractivity contribution in [3.63, 3.8) is 0 Å². The van der Waals surface area contributed by atoms with Crippen molar-refractivity contribution in [1.82, 2.24) is 25.4 Å². The highest BCUT2D eigenvalue weighted by atomic mass is 32.1. The molecule has 0 saturated heterocycles. The van der Waals surface area contributed by atoms with E-state index >= 15 is 0 Å². The van der Waals surface area contributed by atoms with Crippen LogP contribution < -0.4 is 5.43 Å². The van der Waals surface area contributed by atoms with Crippen molar-refractivity contribution in [2.75, 3.05) is 0 Å². The SMILES string of the molecule is Cc1csc(/C=N/NC(=O)c2nnn(-c3ccnc4c(C(F)(F)F)cccc34)c2C)c1. The maximum Gasteiger partial charge on any atom is 0.418 e. The average Bonchev–Trinajstić information content (AvgIpc) is 3.31. The summed E-state index contributed by atoms with van der Waals surface area (Å²) in [6.45, 7) is 3.55. The number of nitrogens with zero attached hydrogens (tertiary/aromatic N) is 5. The quantitative estimate of drug-likeness (QED) is 0.376. The van der Waals surface area contributed by atoms with Crippen molar-refractivity contribution in [1.29, 1.82) is 0 Å². The summed E-state index contributed by atoms with van der Waals surface area (Å²) >= 11 is 1.49. The Bertz CT molecular complexity index is 1310. The van der Waals surface area contributed by atoms with E-state index in [0.29, 0.717) is 11.4 Å². The van der Waals surface area contributed by atoms with Gasteiger partial charge in [-0.25, -0.2) is 10.1 Å². The van der Waals surface area contributed by atoms with Crippen LogP contribution in [0.3, 0.4) is 0 Å². The predicted molar refractivity (Wildman–Crippen MR) is 111 cm³/mol. The van der Waals surface area contributed by atoms with Gasteiger partial charge in [-0.1, -0.05) is 17.3 Å². The Kier molecular flexibility index (Phi) is 5.27. The smallest absolute Gasteiger partial charge is 0.265 e. The Morgan fingerprint density at radius 3 is 2.77 bits per heavy atom. The van der Waals surface area contributed by atoms with Crippen LogP contribution in [0.2, 0.25) is 0 Å². The number of alkyl halides is 3. The molecule has 0 atom stereocenters. The largest absolute Gasteiger partial charge is 0.418 e. The van der Waals surface area contributed by atoms with E-state index in [9.17, 15) is 18.0 Å². The van der Waals surface area contributed by atoms with Gasteiger partial charge in [0.2, 0.25) is 0 Å². The number of rotatable bonds is 4. The van der Waals surface area contributed by atoms with Crippen molar-refractivity contribution in [3.05, 3.63) is 69.3 Å². The van der Waals surface area contributed by atoms with Crippen LogP contribution in [-0.2, 0) is 6.18 Å². The van der Waals surface area contributed by atoms with E-state index in [1.54, 1.807) is 6.92 Å². The molecule has 158 valence electrons. The number of hydrazone groups is 1. The number of pyridine rings is 1. The van der Waals surface area contributed by atoms with Crippen LogP contribution in [0, 0.1) is 13.8 Å². The molecular weight excluding hydrogens is 429 g/mol. The second kappa shape index (κ2) is 7.91. The molecule has 1 N–H and O–H groups in total. The number of carbonyl (C=O) groups excluding carboxylic acids is 1. The predicted octanol–water partition coefficient (Wildman–Crippen LogP) is 4.28. The molecular formula is C20H15F3N6OS. The van der Waals surface area contributed by atoms with Crippen molar-refractivity contribution < 1.29 is 18.0 Å². The molecule has 7 nitrogen and oxygen atoms in total. The van der Waals surface area contributed by atoms with Gasteiger partial charge in [0.05, 0.1) is 28.7 Å². The first-order chi connectivity index (χ1) is 14.8. The minimum atomic E-state index is -4.55. The molecule has 4 rings (SSSR count). The fourth-order valence-electron chi connectivity index (χ4n) is 3.07. The molecule has 0 aliphatic carbocycles. The van der Waals surface area contributed by atoms with Crippen LogP contribution in [0.1, 0.15) is 32.2 Å². The zero-order valence-corrected chi connectivity index (χ0v) is 17.1. The van der Waals surface area contributed by atoms with Crippen molar-refractivity contribution in [2.24, 2.45) is 5.10 Å². The normalized spacial score (nSPS) is 12.0. The van der Waals surface area contributed by atoms with Crippen molar-refractivity contribution in [3.8, 4) is 5.69 Å². The van der Waals surface area contributed by atoms with Gasteiger partial charge in [0.15, 0.2) is 5.69 Å². The number of thiophene rings is 1. The van der Waals surface area contributed by atoms with Crippen LogP contribution in [0.5, 0.6) is 0 Å². The lowest BCUT2D eigenvalue weighted by molar-refractivity contribution is -0.136. The fourth-order valence-corrected chi connectivity index (χ4v) is 3.83. The third-order valence-electron chi connectivity index (χ3n) is 4.50. The van der Waals surface area contributed by atoms with E-state index < -0.39 is 17.6 Å². The highest BCUT2D eigenvalue weighted by Crippen LogP contribution is 2.35. The standard InChI is InChI=1S/C20H15F3N6OS/c1-11-8-13(31-10-11)9-25-27-19(30)17-12(2)29(28-26-17)16-6-7-24-18-14(16)4-3-5-15(18)20(21,22)23/h3-10H,1-2H3,(H,27,30)/b25-9+. The third-order valence-corrected chi connectivity index (χ3v) is 5.49. The van der Waals surface area contributed by atoms with Gasteiger partial charge in [-0.05, 0) is 43.0 Å². The van der Waals surface area contributed by atoms with Crippen LogP contribution >= 0.6 is 11.3 Å². The Morgan fingerprint density at radius 2 is 2.06 bits per heavy atom. The number of aryl methyl sites for hydroxylation is 1. The maximum atomic E-state index is 13.3. The Labute approximate surface area is 178 Å². The van der Waals surface area contributed by atoms with Crippen LogP contribution in [0.25, 0.3) is 16.6 Å². The summed E-state index contributed by atoms with van der Waals surface area (Å²) in [4.78, 5) is 17.2. The number of nitrogens with one attached hydrogen (secondary N) is 1. The molecule has 0 spiro atoms. The summed E-state index contributed by atoms with van der Waals surface area (Å²) in [6.07, 6.45) is -1.77. The van der Waals surface area contributed by atoms with E-state index in [4.69, 9.17) is 0 Å². The number of carbonyl (C=O) groups is 1. The lowest BCUT2D eigenvalue weighted by Gasteiger charge is -2.12. The van der Waals surface area contributed by atoms with E-state index in [0.717, 1.165) is 16.5 Å². The molecule has 0 radical (unpaired) electrons. The first-order valence-corrected chi connectivity index (χ1v) is 9.90. The van der Waals surface area contributed by atoms with E-state index in [1.807, 2.05) is 18.4 Å². The molecule has 4 aromatic rings. The number of benzene rings is 1. The summed E-state index contributed by atoms with van der Waals surface area (Å²) in [7, 11) is 0. The number of hydrogen-bond acceptors (Lipinski definition) is 6. The molecule has 31 heavy (non-hydrogen) atoms. The third kappa shape index (κ3) is 4.04. The summed E-state index contributed by atoms with van der Waals surface area (Å²) in [6, 6.07) is 7.23. The molecule has 3 heterocycles. The summed E-state index contributed by atoms with van der Waals surface area (Å²) in [5.74, 6) is -0.581. The van der Waals surface area contributed by atoms with Crippen molar-refractivity contribution >= 4 is 34.4 Å². The molecule has 0 aliphatic heterocycles. The molecule has 0 saturated carbocycles. The maximum absolute atomic E-state index is 13.3. The number of hydrogen-bond donors (Lipinski definition) is 1. The number of halogens is 3. The molecule has 0 unspecified atom stereocenters. The monoisotopic (exact) mass is 444 g/mol. The molecule has 0 bridgehead atoms. The van der Waals surface area contributed by atoms with Gasteiger partial charge < -0.3 is 0 Å². The Morgan fingerprint density at radius 1 is 1.26 bits per heavy atom. The molecule has 0 aliphatic rings. The van der Waals surface area contributed by atoms with Crippen LogP contribution in [0.15, 0.2) is 47.0 Å². The highest BCUT2D eigenvalue weighted by Gasteiger charge is 2.33. The molecule has 11 heteroatoms. The van der Waals surface area contributed by atoms with Gasteiger partial charge in [-0.2, -0.15) is 18.3 Å². The summed E-state index contributed by atoms with van der Waals surface area (Å²) < 4.78 is 41.3. The van der Waals surface area contributed by atoms with E-state index in [2.05, 4.69) is 25.8 Å². The van der Waals surface area contributed by atoms with Gasteiger partial charge in [-0.15, -0.1) is 16.4 Å². The lowest BCUT2D eigenvalue weighted by atomic mass is 10.1. The van der Waals surface area contributed by atoms with Gasteiger partial charge in [0.25, 0.3) is 5.91 Å². The topological polar surface area (TPSA) is 85.1 Å². The highest BCUT2D eigenvalue weighted by molar-refractivity contribution is 7.11. The van der Waals surface area contributed by atoms with Crippen LogP contribution in [0.4, 0.5) is 13.2 Å².